The summed E-state index contributed by atoms with van der Waals surface area (Å²) in [5.41, 5.74) is 2.15. The van der Waals surface area contributed by atoms with Gasteiger partial charge in [-0.05, 0) is 25.5 Å². The molecule has 2 aromatic heterocycles. The van der Waals surface area contributed by atoms with Crippen LogP contribution in [0.4, 0.5) is 26.3 Å². The number of carbonyl (C=O) groups excluding carboxylic acids is 1. The maximum absolute atomic E-state index is 13.4. The van der Waals surface area contributed by atoms with Crippen LogP contribution in [0.15, 0.2) is 36.9 Å². The first-order valence-corrected chi connectivity index (χ1v) is 10.4. The topological polar surface area (TPSA) is 78.1 Å². The molecular weight excluding hydrogens is 482 g/mol. The van der Waals surface area contributed by atoms with Crippen molar-refractivity contribution in [1.29, 1.82) is 0 Å². The Balaban J connectivity index is 1.64. The molecule has 1 amide bonds. The summed E-state index contributed by atoms with van der Waals surface area (Å²) in [6.07, 6.45) is -5.73. The van der Waals surface area contributed by atoms with E-state index in [2.05, 4.69) is 15.3 Å². The molecule has 0 saturated carbocycles. The van der Waals surface area contributed by atoms with Crippen molar-refractivity contribution < 1.29 is 35.9 Å². The molecule has 4 rings (SSSR count). The number of likely N-dealkylation sites (tertiary alicyclic amines) is 1. The van der Waals surface area contributed by atoms with Crippen molar-refractivity contribution in [3.8, 4) is 22.7 Å². The third-order valence-electron chi connectivity index (χ3n) is 5.67. The summed E-state index contributed by atoms with van der Waals surface area (Å²) < 4.78 is 87.0. The fraction of sp³-hybridized carbons (Fsp3) is 0.429. The second kappa shape index (κ2) is 8.89. The maximum atomic E-state index is 13.4. The van der Waals surface area contributed by atoms with Gasteiger partial charge in [-0.1, -0.05) is 11.3 Å². The predicted molar refractivity (Wildman–Crippen MR) is 110 cm³/mol. The molecule has 0 spiro atoms. The molecule has 1 aliphatic heterocycles. The average molecular weight is 502 g/mol. The SMILES string of the molecule is COc1cc(-c2cn([C@H]3C[C@@H](C(F)(F)F)CN(CC(F)(F)F)C3=O)nn2)ccc1-n1cnc(C)c1. The van der Waals surface area contributed by atoms with E-state index < -0.39 is 49.7 Å². The molecule has 3 heterocycles. The number of ether oxygens (including phenoxy) is 1. The van der Waals surface area contributed by atoms with E-state index in [1.807, 2.05) is 6.92 Å². The fourth-order valence-corrected chi connectivity index (χ4v) is 3.99. The van der Waals surface area contributed by atoms with Crippen LogP contribution in [0.25, 0.3) is 16.9 Å². The molecular formula is C21H20F6N6O2. The van der Waals surface area contributed by atoms with Crippen LogP contribution in [-0.2, 0) is 4.79 Å². The molecule has 1 aliphatic rings. The van der Waals surface area contributed by atoms with Crippen molar-refractivity contribution in [2.45, 2.75) is 31.7 Å². The number of carbonyl (C=O) groups is 1. The molecule has 1 saturated heterocycles. The summed E-state index contributed by atoms with van der Waals surface area (Å²) in [6, 6.07) is 3.42. The minimum Gasteiger partial charge on any atom is -0.495 e. The van der Waals surface area contributed by atoms with Crippen molar-refractivity contribution in [3.63, 3.8) is 0 Å². The van der Waals surface area contributed by atoms with Crippen molar-refractivity contribution in [1.82, 2.24) is 29.4 Å². The van der Waals surface area contributed by atoms with E-state index in [0.29, 0.717) is 17.0 Å². The van der Waals surface area contributed by atoms with Crippen LogP contribution >= 0.6 is 0 Å². The van der Waals surface area contributed by atoms with Gasteiger partial charge >= 0.3 is 12.4 Å². The molecule has 14 heteroatoms. The summed E-state index contributed by atoms with van der Waals surface area (Å²) in [7, 11) is 1.45. The lowest BCUT2D eigenvalue weighted by molar-refractivity contribution is -0.205. The highest BCUT2D eigenvalue weighted by Crippen LogP contribution is 2.39. The summed E-state index contributed by atoms with van der Waals surface area (Å²) in [5.74, 6) is -2.78. The Hall–Kier alpha value is -3.58. The largest absolute Gasteiger partial charge is 0.495 e. The fourth-order valence-electron chi connectivity index (χ4n) is 3.99. The van der Waals surface area contributed by atoms with Crippen molar-refractivity contribution in [2.24, 2.45) is 5.92 Å². The number of aryl methyl sites for hydroxylation is 1. The van der Waals surface area contributed by atoms with Crippen LogP contribution in [0.5, 0.6) is 5.75 Å². The molecule has 188 valence electrons. The third-order valence-corrected chi connectivity index (χ3v) is 5.67. The van der Waals surface area contributed by atoms with Gasteiger partial charge in [-0.2, -0.15) is 26.3 Å². The van der Waals surface area contributed by atoms with E-state index >= 15 is 0 Å². The number of imidazole rings is 1. The minimum absolute atomic E-state index is 0.179. The Morgan fingerprint density at radius 3 is 2.49 bits per heavy atom. The van der Waals surface area contributed by atoms with Gasteiger partial charge in [0.2, 0.25) is 5.91 Å². The monoisotopic (exact) mass is 502 g/mol. The van der Waals surface area contributed by atoms with Gasteiger partial charge in [-0.15, -0.1) is 5.10 Å². The van der Waals surface area contributed by atoms with Gasteiger partial charge in [0, 0.05) is 18.3 Å². The number of benzene rings is 1. The number of rotatable bonds is 5. The van der Waals surface area contributed by atoms with E-state index in [0.717, 1.165) is 10.4 Å². The number of methoxy groups -OCH3 is 1. The number of aromatic nitrogens is 5. The van der Waals surface area contributed by atoms with Crippen LogP contribution in [0.2, 0.25) is 0 Å². The molecule has 1 fully saturated rings. The second-order valence-corrected chi connectivity index (χ2v) is 8.22. The van der Waals surface area contributed by atoms with Gasteiger partial charge < -0.3 is 14.2 Å². The smallest absolute Gasteiger partial charge is 0.406 e. The second-order valence-electron chi connectivity index (χ2n) is 8.22. The van der Waals surface area contributed by atoms with Gasteiger partial charge in [0.1, 0.15) is 24.0 Å². The minimum atomic E-state index is -4.84. The molecule has 0 unspecified atom stereocenters. The Bertz CT molecular complexity index is 1220. The first kappa shape index (κ1) is 24.5. The lowest BCUT2D eigenvalue weighted by Gasteiger charge is -2.38. The average Bonchev–Trinajstić information content (AvgIpc) is 3.42. The van der Waals surface area contributed by atoms with Gasteiger partial charge in [-0.25, -0.2) is 9.67 Å². The molecule has 8 nitrogen and oxygen atoms in total. The normalized spacial score (nSPS) is 19.3. The molecule has 3 aromatic rings. The molecule has 0 bridgehead atoms. The predicted octanol–water partition coefficient (Wildman–Crippen LogP) is 3.96. The summed E-state index contributed by atoms with van der Waals surface area (Å²) in [5, 5.41) is 7.70. The number of hydrogen-bond donors (Lipinski definition) is 0. The summed E-state index contributed by atoms with van der Waals surface area (Å²) in [4.78, 5) is 17.0. The lowest BCUT2D eigenvalue weighted by atomic mass is 9.93. The third kappa shape index (κ3) is 5.25. The number of amides is 1. The molecule has 0 radical (unpaired) electrons. The number of hydrogen-bond acceptors (Lipinski definition) is 5. The van der Waals surface area contributed by atoms with E-state index in [1.165, 1.54) is 13.3 Å². The van der Waals surface area contributed by atoms with Crippen LogP contribution in [0, 0.1) is 12.8 Å². The van der Waals surface area contributed by atoms with E-state index in [1.54, 1.807) is 35.3 Å². The van der Waals surface area contributed by atoms with Crippen LogP contribution < -0.4 is 4.74 Å². The van der Waals surface area contributed by atoms with Gasteiger partial charge in [0.15, 0.2) is 0 Å². The first-order valence-electron chi connectivity index (χ1n) is 10.4. The van der Waals surface area contributed by atoms with E-state index in [9.17, 15) is 31.1 Å². The van der Waals surface area contributed by atoms with Crippen LogP contribution in [0.1, 0.15) is 18.2 Å². The van der Waals surface area contributed by atoms with Crippen molar-refractivity contribution in [2.75, 3.05) is 20.2 Å². The number of alkyl halides is 6. The van der Waals surface area contributed by atoms with E-state index in [4.69, 9.17) is 4.74 Å². The Kier molecular flexibility index (Phi) is 6.23. The van der Waals surface area contributed by atoms with Gasteiger partial charge in [0.05, 0.1) is 36.9 Å². The highest BCUT2D eigenvalue weighted by Gasteiger charge is 2.50. The molecule has 0 aliphatic carbocycles. The van der Waals surface area contributed by atoms with Crippen molar-refractivity contribution in [3.05, 3.63) is 42.6 Å². The van der Waals surface area contributed by atoms with Crippen molar-refractivity contribution >= 4 is 5.91 Å². The highest BCUT2D eigenvalue weighted by atomic mass is 19.4. The zero-order chi connectivity index (χ0) is 25.5. The van der Waals surface area contributed by atoms with Gasteiger partial charge in [0.25, 0.3) is 0 Å². The molecule has 35 heavy (non-hydrogen) atoms. The number of nitrogens with zero attached hydrogens (tertiary/aromatic N) is 6. The molecule has 0 N–H and O–H groups in total. The Labute approximate surface area is 195 Å². The molecule has 2 atom stereocenters. The first-order chi connectivity index (χ1) is 16.4. The summed E-state index contributed by atoms with van der Waals surface area (Å²) >= 11 is 0. The standard InChI is InChI=1S/C21H20F6N6O2/c1-12-7-32(11-28-12)16-4-3-13(5-18(16)35-2)15-9-33(30-29-15)17-6-14(21(25,26)27)8-31(19(17)34)10-20(22,23)24/h3-5,7,9,11,14,17H,6,8,10H2,1-2H3/t14-,17+/m1/s1. The molecule has 1 aromatic carbocycles. The zero-order valence-electron chi connectivity index (χ0n) is 18.5. The van der Waals surface area contributed by atoms with Crippen LogP contribution in [0.3, 0.4) is 0 Å². The zero-order valence-corrected chi connectivity index (χ0v) is 18.5. The lowest BCUT2D eigenvalue weighted by Crippen LogP contribution is -2.52. The van der Waals surface area contributed by atoms with Crippen LogP contribution in [-0.4, -0.2) is 67.9 Å². The maximum Gasteiger partial charge on any atom is 0.406 e. The number of halogens is 6. The Morgan fingerprint density at radius 1 is 1.14 bits per heavy atom. The van der Waals surface area contributed by atoms with E-state index in [-0.39, 0.29) is 10.6 Å². The number of piperidine rings is 1. The van der Waals surface area contributed by atoms with Gasteiger partial charge in [-0.3, -0.25) is 4.79 Å². The Morgan fingerprint density at radius 2 is 1.89 bits per heavy atom. The highest BCUT2D eigenvalue weighted by molar-refractivity contribution is 5.81. The summed E-state index contributed by atoms with van der Waals surface area (Å²) in [6.45, 7) is -1.02. The quantitative estimate of drug-likeness (QED) is 0.494.